The average molecular weight is 343 g/mol. The zero-order chi connectivity index (χ0) is 18.1. The number of rotatable bonds is 8. The predicted octanol–water partition coefficient (Wildman–Crippen LogP) is 3.77. The maximum absolute atomic E-state index is 11.7. The maximum Gasteiger partial charge on any atom is 0.306 e. The molecule has 0 fully saturated rings. The van der Waals surface area contributed by atoms with Crippen molar-refractivity contribution in [3.05, 3.63) is 48.5 Å². The number of benzene rings is 2. The molecule has 0 spiro atoms. The molecule has 0 unspecified atom stereocenters. The van der Waals surface area contributed by atoms with Crippen LogP contribution >= 0.6 is 0 Å². The first-order chi connectivity index (χ1) is 12.1. The third-order valence-electron chi connectivity index (χ3n) is 3.16. The van der Waals surface area contributed by atoms with Crippen LogP contribution in [0.4, 0.5) is 5.69 Å². The first-order valence-corrected chi connectivity index (χ1v) is 8.07. The van der Waals surface area contributed by atoms with Gasteiger partial charge in [-0.25, -0.2) is 0 Å². The van der Waals surface area contributed by atoms with Crippen LogP contribution < -0.4 is 14.8 Å². The molecular weight excluding hydrogens is 322 g/mol. The Morgan fingerprint density at radius 3 is 2.00 bits per heavy atom. The summed E-state index contributed by atoms with van der Waals surface area (Å²) in [5, 5.41) is 2.65. The van der Waals surface area contributed by atoms with E-state index in [0.29, 0.717) is 23.8 Å². The molecule has 6 nitrogen and oxygen atoms in total. The molecule has 1 amide bonds. The van der Waals surface area contributed by atoms with Crippen LogP contribution in [-0.4, -0.2) is 25.1 Å². The van der Waals surface area contributed by atoms with Gasteiger partial charge in [0.1, 0.15) is 17.2 Å². The monoisotopic (exact) mass is 343 g/mol. The van der Waals surface area contributed by atoms with Gasteiger partial charge in [-0.2, -0.15) is 0 Å². The molecular formula is C19H21NO5. The van der Waals surface area contributed by atoms with Crippen molar-refractivity contribution in [1.29, 1.82) is 0 Å². The largest absolute Gasteiger partial charge is 0.494 e. The number of carbonyl (C=O) groups excluding carboxylic acids is 2. The highest BCUT2D eigenvalue weighted by Gasteiger charge is 2.06. The lowest BCUT2D eigenvalue weighted by atomic mass is 10.3. The summed E-state index contributed by atoms with van der Waals surface area (Å²) in [5.74, 6) is 1.32. The van der Waals surface area contributed by atoms with E-state index in [0.717, 1.165) is 5.75 Å². The molecule has 0 aromatic heterocycles. The molecule has 0 aliphatic heterocycles. The Balaban J connectivity index is 1.86. The Hall–Kier alpha value is -3.02. The van der Waals surface area contributed by atoms with E-state index in [2.05, 4.69) is 5.32 Å². The van der Waals surface area contributed by atoms with Gasteiger partial charge in [0.05, 0.1) is 6.61 Å². The Bertz CT molecular complexity index is 695. The van der Waals surface area contributed by atoms with E-state index in [-0.39, 0.29) is 18.9 Å². The van der Waals surface area contributed by atoms with Crippen molar-refractivity contribution in [3.8, 4) is 17.2 Å². The molecule has 0 bridgehead atoms. The van der Waals surface area contributed by atoms with Crippen molar-refractivity contribution < 1.29 is 23.8 Å². The normalized spacial score (nSPS) is 10.0. The Labute approximate surface area is 146 Å². The van der Waals surface area contributed by atoms with E-state index in [4.69, 9.17) is 14.2 Å². The molecule has 25 heavy (non-hydrogen) atoms. The number of nitrogens with one attached hydrogen (secondary N) is 1. The van der Waals surface area contributed by atoms with Gasteiger partial charge in [-0.3, -0.25) is 9.59 Å². The second kappa shape index (κ2) is 9.32. The van der Waals surface area contributed by atoms with Crippen LogP contribution in [0.25, 0.3) is 0 Å². The number of carbonyl (C=O) groups is 2. The molecule has 0 saturated heterocycles. The molecule has 2 aromatic rings. The number of amides is 1. The lowest BCUT2D eigenvalue weighted by Gasteiger charge is -2.09. The third-order valence-corrected chi connectivity index (χ3v) is 3.16. The van der Waals surface area contributed by atoms with Crippen molar-refractivity contribution in [3.63, 3.8) is 0 Å². The molecule has 1 N–H and O–H groups in total. The minimum absolute atomic E-state index is 0.241. The lowest BCUT2D eigenvalue weighted by molar-refractivity contribution is -0.146. The fourth-order valence-electron chi connectivity index (χ4n) is 1.96. The van der Waals surface area contributed by atoms with Crippen molar-refractivity contribution >= 4 is 17.6 Å². The summed E-state index contributed by atoms with van der Waals surface area (Å²) in [6.45, 7) is 3.92. The van der Waals surface area contributed by atoms with E-state index < -0.39 is 5.97 Å². The van der Waals surface area contributed by atoms with E-state index in [1.165, 1.54) is 0 Å². The fraction of sp³-hybridized carbons (Fsp3) is 0.263. The molecule has 0 aliphatic rings. The molecule has 0 saturated carbocycles. The summed E-state index contributed by atoms with van der Waals surface area (Å²) in [6, 6.07) is 14.2. The van der Waals surface area contributed by atoms with Crippen molar-refractivity contribution in [2.24, 2.45) is 0 Å². The summed E-state index contributed by atoms with van der Waals surface area (Å²) < 4.78 is 15.9. The second-order valence-electron chi connectivity index (χ2n) is 5.09. The topological polar surface area (TPSA) is 73.9 Å². The van der Waals surface area contributed by atoms with Gasteiger partial charge in [0.25, 0.3) is 5.91 Å². The SMILES string of the molecule is CCOc1ccc(Oc2ccc(NC(=O)COC(=O)CC)cc2)cc1. The molecule has 2 aromatic carbocycles. The van der Waals surface area contributed by atoms with Crippen LogP contribution in [0.3, 0.4) is 0 Å². The molecule has 6 heteroatoms. The summed E-state index contributed by atoms with van der Waals surface area (Å²) in [4.78, 5) is 22.7. The van der Waals surface area contributed by atoms with Gasteiger partial charge >= 0.3 is 5.97 Å². The molecule has 0 atom stereocenters. The minimum atomic E-state index is -0.408. The van der Waals surface area contributed by atoms with Crippen LogP contribution in [0.2, 0.25) is 0 Å². The molecule has 132 valence electrons. The summed E-state index contributed by atoms with van der Waals surface area (Å²) in [5.41, 5.74) is 0.594. The molecule has 0 heterocycles. The standard InChI is InChI=1S/C19H21NO5/c1-3-19(22)24-13-18(21)20-14-5-7-16(8-6-14)25-17-11-9-15(10-12-17)23-4-2/h5-12H,3-4,13H2,1-2H3,(H,20,21). The van der Waals surface area contributed by atoms with Gasteiger partial charge in [0.15, 0.2) is 6.61 Å². The Kier molecular flexibility index (Phi) is 6.83. The second-order valence-corrected chi connectivity index (χ2v) is 5.09. The van der Waals surface area contributed by atoms with E-state index >= 15 is 0 Å². The number of ether oxygens (including phenoxy) is 3. The number of hydrogen-bond donors (Lipinski definition) is 1. The van der Waals surface area contributed by atoms with Crippen LogP contribution in [0.1, 0.15) is 20.3 Å². The number of anilines is 1. The quantitative estimate of drug-likeness (QED) is 0.739. The predicted molar refractivity (Wildman–Crippen MR) is 94.0 cm³/mol. The first-order valence-electron chi connectivity index (χ1n) is 8.07. The number of esters is 1. The van der Waals surface area contributed by atoms with E-state index in [9.17, 15) is 9.59 Å². The lowest BCUT2D eigenvalue weighted by Crippen LogP contribution is -2.20. The van der Waals surface area contributed by atoms with Crippen molar-refractivity contribution in [1.82, 2.24) is 0 Å². The highest BCUT2D eigenvalue weighted by molar-refractivity contribution is 5.92. The van der Waals surface area contributed by atoms with Crippen LogP contribution in [0, 0.1) is 0 Å². The van der Waals surface area contributed by atoms with Gasteiger partial charge in [0.2, 0.25) is 0 Å². The summed E-state index contributed by atoms with van der Waals surface area (Å²) >= 11 is 0. The van der Waals surface area contributed by atoms with Gasteiger partial charge in [-0.1, -0.05) is 6.92 Å². The number of hydrogen-bond acceptors (Lipinski definition) is 5. The highest BCUT2D eigenvalue weighted by Crippen LogP contribution is 2.25. The fourth-order valence-corrected chi connectivity index (χ4v) is 1.96. The van der Waals surface area contributed by atoms with Crippen molar-refractivity contribution in [2.75, 3.05) is 18.5 Å². The Morgan fingerprint density at radius 2 is 1.44 bits per heavy atom. The Morgan fingerprint density at radius 1 is 0.880 bits per heavy atom. The van der Waals surface area contributed by atoms with Gasteiger partial charge in [-0.15, -0.1) is 0 Å². The van der Waals surface area contributed by atoms with Gasteiger partial charge in [-0.05, 0) is 55.5 Å². The molecule has 0 aliphatic carbocycles. The van der Waals surface area contributed by atoms with Crippen LogP contribution in [-0.2, 0) is 14.3 Å². The minimum Gasteiger partial charge on any atom is -0.494 e. The van der Waals surface area contributed by atoms with Crippen LogP contribution in [0.15, 0.2) is 48.5 Å². The average Bonchev–Trinajstić information content (AvgIpc) is 2.63. The van der Waals surface area contributed by atoms with Crippen molar-refractivity contribution in [2.45, 2.75) is 20.3 Å². The molecule has 2 rings (SSSR count). The highest BCUT2D eigenvalue weighted by atomic mass is 16.5. The summed E-state index contributed by atoms with van der Waals surface area (Å²) in [6.07, 6.45) is 0.241. The van der Waals surface area contributed by atoms with E-state index in [1.54, 1.807) is 31.2 Å². The molecule has 0 radical (unpaired) electrons. The zero-order valence-electron chi connectivity index (χ0n) is 14.3. The first kappa shape index (κ1) is 18.3. The van der Waals surface area contributed by atoms with Gasteiger partial charge in [0, 0.05) is 12.1 Å². The maximum atomic E-state index is 11.7. The van der Waals surface area contributed by atoms with Crippen LogP contribution in [0.5, 0.6) is 17.2 Å². The van der Waals surface area contributed by atoms with E-state index in [1.807, 2.05) is 31.2 Å². The smallest absolute Gasteiger partial charge is 0.306 e. The van der Waals surface area contributed by atoms with Gasteiger partial charge < -0.3 is 19.5 Å². The zero-order valence-corrected chi connectivity index (χ0v) is 14.3. The third kappa shape index (κ3) is 6.18. The summed E-state index contributed by atoms with van der Waals surface area (Å²) in [7, 11) is 0.